The van der Waals surface area contributed by atoms with Gasteiger partial charge in [-0.25, -0.2) is 4.98 Å². The van der Waals surface area contributed by atoms with E-state index in [1.54, 1.807) is 17.5 Å². The molecule has 0 aliphatic carbocycles. The van der Waals surface area contributed by atoms with E-state index in [0.29, 0.717) is 6.54 Å². The van der Waals surface area contributed by atoms with E-state index >= 15 is 0 Å². The van der Waals surface area contributed by atoms with Crippen molar-refractivity contribution in [2.24, 2.45) is 0 Å². The van der Waals surface area contributed by atoms with Gasteiger partial charge in [-0.2, -0.15) is 0 Å². The molecule has 2 aromatic heterocycles. The average Bonchev–Trinajstić information content (AvgIpc) is 3.18. The Morgan fingerprint density at radius 2 is 2.05 bits per heavy atom. The monoisotopic (exact) mass is 296 g/mol. The van der Waals surface area contributed by atoms with Crippen LogP contribution in [0.25, 0.3) is 10.7 Å². The highest BCUT2D eigenvalue weighted by molar-refractivity contribution is 7.13. The normalized spacial score (nSPS) is 10.7. The molecular formula is C17H16N2OS. The first kappa shape index (κ1) is 13.8. The molecule has 3 nitrogen and oxygen atoms in total. The topological polar surface area (TPSA) is 34.9 Å². The average molecular weight is 296 g/mol. The van der Waals surface area contributed by atoms with Crippen LogP contribution >= 0.6 is 11.3 Å². The Balaban J connectivity index is 1.80. The number of nitrogens with zero attached hydrogens (tertiary/aromatic N) is 2. The van der Waals surface area contributed by atoms with E-state index in [2.05, 4.69) is 11.9 Å². The first-order chi connectivity index (χ1) is 10.3. The van der Waals surface area contributed by atoms with Gasteiger partial charge in [-0.05, 0) is 23.4 Å². The summed E-state index contributed by atoms with van der Waals surface area (Å²) in [6.07, 6.45) is 4.58. The van der Waals surface area contributed by atoms with Gasteiger partial charge in [-0.1, -0.05) is 37.3 Å². The predicted octanol–water partition coefficient (Wildman–Crippen LogP) is 4.06. The van der Waals surface area contributed by atoms with Crippen molar-refractivity contribution in [1.82, 2.24) is 9.55 Å². The van der Waals surface area contributed by atoms with Gasteiger partial charge in [0.05, 0.1) is 11.4 Å². The molecule has 0 unspecified atom stereocenters. The largest absolute Gasteiger partial charge is 0.323 e. The zero-order valence-electron chi connectivity index (χ0n) is 11.8. The van der Waals surface area contributed by atoms with Crippen LogP contribution in [-0.4, -0.2) is 15.3 Å². The van der Waals surface area contributed by atoms with Crippen molar-refractivity contribution in [3.05, 3.63) is 65.3 Å². The molecule has 0 atom stereocenters. The maximum Gasteiger partial charge on any atom is 0.182 e. The van der Waals surface area contributed by atoms with Crippen LogP contribution in [0, 0.1) is 0 Å². The minimum Gasteiger partial charge on any atom is -0.323 e. The van der Waals surface area contributed by atoms with Gasteiger partial charge in [0.1, 0.15) is 5.82 Å². The maximum atomic E-state index is 12.4. The zero-order valence-corrected chi connectivity index (χ0v) is 12.6. The number of Topliss-reactive ketones (excluding diaryl/α,β-unsaturated/α-hetero) is 1. The summed E-state index contributed by atoms with van der Waals surface area (Å²) in [7, 11) is 0. The van der Waals surface area contributed by atoms with Crippen LogP contribution in [0.15, 0.2) is 54.2 Å². The molecule has 0 N–H and O–H groups in total. The molecule has 0 amide bonds. The third kappa shape index (κ3) is 2.95. The van der Waals surface area contributed by atoms with Crippen molar-refractivity contribution >= 4 is 17.1 Å². The van der Waals surface area contributed by atoms with E-state index in [4.69, 9.17) is 0 Å². The zero-order chi connectivity index (χ0) is 14.7. The van der Waals surface area contributed by atoms with Crippen LogP contribution in [0.5, 0.6) is 0 Å². The van der Waals surface area contributed by atoms with Gasteiger partial charge in [0, 0.05) is 18.0 Å². The van der Waals surface area contributed by atoms with Gasteiger partial charge < -0.3 is 4.57 Å². The van der Waals surface area contributed by atoms with E-state index in [-0.39, 0.29) is 5.78 Å². The summed E-state index contributed by atoms with van der Waals surface area (Å²) in [5.74, 6) is 0.956. The second kappa shape index (κ2) is 6.06. The molecule has 0 radical (unpaired) electrons. The van der Waals surface area contributed by atoms with Crippen molar-refractivity contribution in [3.8, 4) is 10.7 Å². The molecule has 0 fully saturated rings. The Morgan fingerprint density at radius 1 is 1.24 bits per heavy atom. The fourth-order valence-corrected chi connectivity index (χ4v) is 2.98. The second-order valence-corrected chi connectivity index (χ2v) is 5.78. The van der Waals surface area contributed by atoms with E-state index in [1.165, 1.54) is 5.56 Å². The van der Waals surface area contributed by atoms with Crippen LogP contribution in [0.2, 0.25) is 0 Å². The molecule has 0 aliphatic rings. The number of hydrogen-bond donors (Lipinski definition) is 0. The number of aryl methyl sites for hydroxylation is 1. The highest BCUT2D eigenvalue weighted by atomic mass is 32.1. The molecule has 3 rings (SSSR count). The Morgan fingerprint density at radius 3 is 2.71 bits per heavy atom. The lowest BCUT2D eigenvalue weighted by atomic mass is 10.1. The number of imidazole rings is 1. The molecule has 1 aromatic carbocycles. The number of aromatic nitrogens is 2. The quantitative estimate of drug-likeness (QED) is 0.666. The van der Waals surface area contributed by atoms with Crippen molar-refractivity contribution in [1.29, 1.82) is 0 Å². The molecule has 0 bridgehead atoms. The lowest BCUT2D eigenvalue weighted by Gasteiger charge is -2.06. The molecule has 3 aromatic rings. The summed E-state index contributed by atoms with van der Waals surface area (Å²) in [6.45, 7) is 2.42. The number of ketones is 1. The van der Waals surface area contributed by atoms with E-state index in [0.717, 1.165) is 22.7 Å². The lowest BCUT2D eigenvalue weighted by Crippen LogP contribution is -2.10. The predicted molar refractivity (Wildman–Crippen MR) is 85.7 cm³/mol. The molecule has 106 valence electrons. The van der Waals surface area contributed by atoms with E-state index in [1.807, 2.05) is 52.5 Å². The molecule has 0 spiro atoms. The summed E-state index contributed by atoms with van der Waals surface area (Å²) in [5, 5.41) is 2.01. The molecule has 0 saturated carbocycles. The lowest BCUT2D eigenvalue weighted by molar-refractivity contribution is 0.0972. The fourth-order valence-electron chi connectivity index (χ4n) is 2.24. The number of benzene rings is 1. The third-order valence-electron chi connectivity index (χ3n) is 3.46. The van der Waals surface area contributed by atoms with Gasteiger partial charge in [0.2, 0.25) is 0 Å². The van der Waals surface area contributed by atoms with Gasteiger partial charge in [0.25, 0.3) is 0 Å². The number of rotatable bonds is 5. The number of carbonyl (C=O) groups is 1. The molecule has 0 aliphatic heterocycles. The van der Waals surface area contributed by atoms with Crippen LogP contribution in [-0.2, 0) is 13.0 Å². The summed E-state index contributed by atoms with van der Waals surface area (Å²) in [4.78, 5) is 17.8. The van der Waals surface area contributed by atoms with Crippen LogP contribution in [0.1, 0.15) is 22.8 Å². The summed E-state index contributed by atoms with van der Waals surface area (Å²) in [6, 6.07) is 11.9. The second-order valence-electron chi connectivity index (χ2n) is 4.83. The first-order valence-electron chi connectivity index (χ1n) is 6.95. The Bertz CT molecular complexity index is 727. The molecular weight excluding hydrogens is 280 g/mol. The van der Waals surface area contributed by atoms with E-state index < -0.39 is 0 Å². The van der Waals surface area contributed by atoms with Crippen molar-refractivity contribution in [3.63, 3.8) is 0 Å². The minimum atomic E-state index is 0.105. The SMILES string of the molecule is CCc1ccc(C(=O)Cn2ccnc2-c2cccs2)cc1. The third-order valence-corrected chi connectivity index (χ3v) is 4.32. The summed E-state index contributed by atoms with van der Waals surface area (Å²) >= 11 is 1.63. The minimum absolute atomic E-state index is 0.105. The molecule has 4 heteroatoms. The van der Waals surface area contributed by atoms with Crippen molar-refractivity contribution < 1.29 is 4.79 Å². The van der Waals surface area contributed by atoms with Crippen LogP contribution in [0.3, 0.4) is 0 Å². The smallest absolute Gasteiger partial charge is 0.182 e. The highest BCUT2D eigenvalue weighted by Crippen LogP contribution is 2.23. The standard InChI is InChI=1S/C17H16N2OS/c1-2-13-5-7-14(8-6-13)15(20)12-19-10-9-18-17(19)16-4-3-11-21-16/h3-11H,2,12H2,1H3. The maximum absolute atomic E-state index is 12.4. The van der Waals surface area contributed by atoms with Gasteiger partial charge in [-0.15, -0.1) is 11.3 Å². The van der Waals surface area contributed by atoms with Gasteiger partial charge >= 0.3 is 0 Å². The van der Waals surface area contributed by atoms with E-state index in [9.17, 15) is 4.79 Å². The molecule has 2 heterocycles. The van der Waals surface area contributed by atoms with Gasteiger partial charge in [0.15, 0.2) is 5.78 Å². The molecule has 21 heavy (non-hydrogen) atoms. The van der Waals surface area contributed by atoms with Gasteiger partial charge in [-0.3, -0.25) is 4.79 Å². The highest BCUT2D eigenvalue weighted by Gasteiger charge is 2.11. The number of thiophene rings is 1. The number of hydrogen-bond acceptors (Lipinski definition) is 3. The summed E-state index contributed by atoms with van der Waals surface area (Å²) < 4.78 is 1.90. The summed E-state index contributed by atoms with van der Waals surface area (Å²) in [5.41, 5.74) is 1.99. The van der Waals surface area contributed by atoms with Crippen molar-refractivity contribution in [2.45, 2.75) is 19.9 Å². The number of carbonyl (C=O) groups excluding carboxylic acids is 1. The van der Waals surface area contributed by atoms with Crippen LogP contribution in [0.4, 0.5) is 0 Å². The Labute approximate surface area is 127 Å². The molecule has 0 saturated heterocycles. The Kier molecular flexibility index (Phi) is 3.97. The fraction of sp³-hybridized carbons (Fsp3) is 0.176. The first-order valence-corrected chi connectivity index (χ1v) is 7.83. The van der Waals surface area contributed by atoms with Crippen LogP contribution < -0.4 is 0 Å². The Hall–Kier alpha value is -2.20. The van der Waals surface area contributed by atoms with Crippen molar-refractivity contribution in [2.75, 3.05) is 0 Å².